The van der Waals surface area contributed by atoms with E-state index >= 15 is 0 Å². The number of ether oxygens (including phenoxy) is 3. The average molecular weight is 445 g/mol. The van der Waals surface area contributed by atoms with Crippen molar-refractivity contribution in [1.29, 1.82) is 0 Å². The van der Waals surface area contributed by atoms with Gasteiger partial charge in [0.25, 0.3) is 11.8 Å². The molecule has 1 N–H and O–H groups in total. The third kappa shape index (κ3) is 4.36. The van der Waals surface area contributed by atoms with Crippen LogP contribution in [0.25, 0.3) is 5.57 Å². The predicted octanol–water partition coefficient (Wildman–Crippen LogP) is 3.50. The van der Waals surface area contributed by atoms with Gasteiger partial charge in [-0.25, -0.2) is 0 Å². The zero-order valence-electron chi connectivity index (χ0n) is 18.5. The Morgan fingerprint density at radius 1 is 0.818 bits per heavy atom. The maximum Gasteiger partial charge on any atom is 0.278 e. The molecule has 0 radical (unpaired) electrons. The van der Waals surface area contributed by atoms with Crippen LogP contribution in [0.2, 0.25) is 0 Å². The second kappa shape index (κ2) is 9.44. The highest BCUT2D eigenvalue weighted by atomic mass is 16.5. The van der Waals surface area contributed by atoms with E-state index in [1.54, 1.807) is 74.1 Å². The first-order valence-corrected chi connectivity index (χ1v) is 10.2. The third-order valence-corrected chi connectivity index (χ3v) is 5.29. The van der Waals surface area contributed by atoms with E-state index in [-0.39, 0.29) is 17.8 Å². The summed E-state index contributed by atoms with van der Waals surface area (Å²) < 4.78 is 15.9. The third-order valence-electron chi connectivity index (χ3n) is 5.29. The van der Waals surface area contributed by atoms with Crippen molar-refractivity contribution in [1.82, 2.24) is 9.88 Å². The first-order chi connectivity index (χ1) is 16.0. The lowest BCUT2D eigenvalue weighted by molar-refractivity contribution is -0.137. The second-order valence-electron chi connectivity index (χ2n) is 7.23. The molecule has 0 unspecified atom stereocenters. The zero-order chi connectivity index (χ0) is 23.4. The lowest BCUT2D eigenvalue weighted by Crippen LogP contribution is -2.32. The number of hydrogen-bond donors (Lipinski definition) is 1. The first-order valence-electron chi connectivity index (χ1n) is 10.2. The monoisotopic (exact) mass is 445 g/mol. The van der Waals surface area contributed by atoms with Gasteiger partial charge in [0.1, 0.15) is 11.4 Å². The van der Waals surface area contributed by atoms with Crippen molar-refractivity contribution in [2.45, 2.75) is 6.54 Å². The quantitative estimate of drug-likeness (QED) is 0.531. The smallest absolute Gasteiger partial charge is 0.278 e. The fraction of sp³-hybridized carbons (Fsp3) is 0.160. The number of nitrogens with one attached hydrogen (secondary N) is 1. The summed E-state index contributed by atoms with van der Waals surface area (Å²) in [5.41, 5.74) is 2.43. The molecule has 33 heavy (non-hydrogen) atoms. The highest BCUT2D eigenvalue weighted by molar-refractivity contribution is 6.36. The minimum absolute atomic E-state index is 0.130. The number of aromatic nitrogens is 1. The molecule has 0 bridgehead atoms. The lowest BCUT2D eigenvalue weighted by Gasteiger charge is -2.15. The SMILES string of the molecule is COc1ccc(NC2=C(c3ccc(OC)c(OC)c3)C(=O)N(Cc3ccncc3)C2=O)cc1. The molecular formula is C25H23N3O5. The molecule has 8 heteroatoms. The summed E-state index contributed by atoms with van der Waals surface area (Å²) in [5.74, 6) is 0.844. The van der Waals surface area contributed by atoms with Gasteiger partial charge in [0.15, 0.2) is 11.5 Å². The Morgan fingerprint density at radius 3 is 2.15 bits per heavy atom. The molecule has 4 rings (SSSR count). The Hall–Kier alpha value is -4.33. The summed E-state index contributed by atoms with van der Waals surface area (Å²) in [7, 11) is 4.63. The van der Waals surface area contributed by atoms with Crippen LogP contribution < -0.4 is 19.5 Å². The number of rotatable bonds is 8. The van der Waals surface area contributed by atoms with E-state index < -0.39 is 11.8 Å². The van der Waals surface area contributed by atoms with Gasteiger partial charge >= 0.3 is 0 Å². The largest absolute Gasteiger partial charge is 0.497 e. The molecule has 2 heterocycles. The summed E-state index contributed by atoms with van der Waals surface area (Å²) in [6, 6.07) is 15.8. The average Bonchev–Trinajstić information content (AvgIpc) is 3.08. The zero-order valence-corrected chi connectivity index (χ0v) is 18.5. The van der Waals surface area contributed by atoms with Gasteiger partial charge in [0, 0.05) is 18.1 Å². The molecule has 2 aromatic carbocycles. The van der Waals surface area contributed by atoms with Gasteiger partial charge in [-0.1, -0.05) is 6.07 Å². The Kier molecular flexibility index (Phi) is 6.26. The number of pyridine rings is 1. The summed E-state index contributed by atoms with van der Waals surface area (Å²) in [6.07, 6.45) is 3.25. The number of anilines is 1. The van der Waals surface area contributed by atoms with Gasteiger partial charge in [-0.3, -0.25) is 19.5 Å². The van der Waals surface area contributed by atoms with Crippen molar-refractivity contribution in [2.75, 3.05) is 26.6 Å². The molecule has 0 saturated carbocycles. The van der Waals surface area contributed by atoms with Crippen LogP contribution in [0.15, 0.2) is 72.7 Å². The van der Waals surface area contributed by atoms with Gasteiger partial charge in [-0.2, -0.15) is 0 Å². The molecule has 0 atom stereocenters. The molecule has 0 spiro atoms. The van der Waals surface area contributed by atoms with Crippen LogP contribution in [0.4, 0.5) is 5.69 Å². The highest BCUT2D eigenvalue weighted by Crippen LogP contribution is 2.36. The van der Waals surface area contributed by atoms with Crippen molar-refractivity contribution in [2.24, 2.45) is 0 Å². The highest BCUT2D eigenvalue weighted by Gasteiger charge is 2.39. The van der Waals surface area contributed by atoms with Gasteiger partial charge in [-0.15, -0.1) is 0 Å². The van der Waals surface area contributed by atoms with Crippen molar-refractivity contribution in [3.05, 3.63) is 83.8 Å². The number of carbonyl (C=O) groups excluding carboxylic acids is 2. The van der Waals surface area contributed by atoms with E-state index in [0.717, 1.165) is 5.56 Å². The van der Waals surface area contributed by atoms with E-state index in [1.165, 1.54) is 19.1 Å². The molecule has 168 valence electrons. The van der Waals surface area contributed by atoms with Crippen LogP contribution in [0.1, 0.15) is 11.1 Å². The van der Waals surface area contributed by atoms with Crippen LogP contribution in [0.3, 0.4) is 0 Å². The van der Waals surface area contributed by atoms with Gasteiger partial charge in [0.05, 0.1) is 33.4 Å². The summed E-state index contributed by atoms with van der Waals surface area (Å²) in [6.45, 7) is 0.130. The number of carbonyl (C=O) groups is 2. The van der Waals surface area contributed by atoms with Crippen molar-refractivity contribution in [3.63, 3.8) is 0 Å². The van der Waals surface area contributed by atoms with Crippen LogP contribution in [0, 0.1) is 0 Å². The molecule has 0 aliphatic carbocycles. The minimum atomic E-state index is -0.419. The van der Waals surface area contributed by atoms with Gasteiger partial charge in [-0.05, 0) is 59.7 Å². The van der Waals surface area contributed by atoms with Crippen LogP contribution in [-0.2, 0) is 16.1 Å². The van der Waals surface area contributed by atoms with Crippen LogP contribution in [-0.4, -0.2) is 43.0 Å². The topological polar surface area (TPSA) is 90.0 Å². The van der Waals surface area contributed by atoms with Gasteiger partial charge < -0.3 is 19.5 Å². The minimum Gasteiger partial charge on any atom is -0.497 e. The number of hydrogen-bond acceptors (Lipinski definition) is 7. The van der Waals surface area contributed by atoms with Crippen LogP contribution >= 0.6 is 0 Å². The normalized spacial score (nSPS) is 13.4. The van der Waals surface area contributed by atoms with E-state index in [0.29, 0.717) is 28.5 Å². The fourth-order valence-electron chi connectivity index (χ4n) is 3.58. The second-order valence-corrected chi connectivity index (χ2v) is 7.23. The van der Waals surface area contributed by atoms with Crippen molar-refractivity contribution >= 4 is 23.1 Å². The molecule has 8 nitrogen and oxygen atoms in total. The van der Waals surface area contributed by atoms with E-state index in [4.69, 9.17) is 14.2 Å². The maximum atomic E-state index is 13.5. The Balaban J connectivity index is 1.76. The Morgan fingerprint density at radius 2 is 1.52 bits per heavy atom. The number of imide groups is 1. The number of amides is 2. The molecule has 1 aromatic heterocycles. The molecule has 0 saturated heterocycles. The van der Waals surface area contributed by atoms with Crippen molar-refractivity contribution in [3.8, 4) is 17.2 Å². The fourth-order valence-corrected chi connectivity index (χ4v) is 3.58. The number of benzene rings is 2. The van der Waals surface area contributed by atoms with Crippen LogP contribution in [0.5, 0.6) is 17.2 Å². The molecule has 2 amide bonds. The van der Waals surface area contributed by atoms with E-state index in [2.05, 4.69) is 10.3 Å². The summed E-state index contributed by atoms with van der Waals surface area (Å²) >= 11 is 0. The molecule has 3 aromatic rings. The lowest BCUT2D eigenvalue weighted by atomic mass is 10.0. The van der Waals surface area contributed by atoms with E-state index in [9.17, 15) is 9.59 Å². The first kappa shape index (κ1) is 21.9. The molecule has 1 aliphatic rings. The molecule has 0 fully saturated rings. The summed E-state index contributed by atoms with van der Waals surface area (Å²) in [5, 5.41) is 3.13. The Labute approximate surface area is 191 Å². The number of nitrogens with zero attached hydrogens (tertiary/aromatic N) is 2. The molecular weight excluding hydrogens is 422 g/mol. The van der Waals surface area contributed by atoms with E-state index in [1.807, 2.05) is 0 Å². The summed E-state index contributed by atoms with van der Waals surface area (Å²) in [4.78, 5) is 32.1. The maximum absolute atomic E-state index is 13.5. The van der Waals surface area contributed by atoms with Crippen molar-refractivity contribution < 1.29 is 23.8 Å². The Bertz CT molecular complexity index is 1210. The number of methoxy groups -OCH3 is 3. The van der Waals surface area contributed by atoms with Gasteiger partial charge in [0.2, 0.25) is 0 Å². The molecule has 1 aliphatic heterocycles. The predicted molar refractivity (Wildman–Crippen MR) is 123 cm³/mol. The standard InChI is InChI=1S/C25H23N3O5/c1-31-19-7-5-18(6-8-19)27-23-22(17-4-9-20(32-2)21(14-17)33-3)24(29)28(25(23)30)15-16-10-12-26-13-11-16/h4-14,27H,15H2,1-3H3.